The highest BCUT2D eigenvalue weighted by atomic mass is 35.5. The predicted molar refractivity (Wildman–Crippen MR) is 108 cm³/mol. The van der Waals surface area contributed by atoms with Gasteiger partial charge in [-0.1, -0.05) is 11.6 Å². The lowest BCUT2D eigenvalue weighted by molar-refractivity contribution is -0.117. The molecule has 6 nitrogen and oxygen atoms in total. The van der Waals surface area contributed by atoms with E-state index >= 15 is 0 Å². The average molecular weight is 415 g/mol. The van der Waals surface area contributed by atoms with Crippen molar-refractivity contribution in [2.24, 2.45) is 0 Å². The van der Waals surface area contributed by atoms with Gasteiger partial charge in [-0.2, -0.15) is 5.26 Å². The second-order valence-electron chi connectivity index (χ2n) is 6.78. The summed E-state index contributed by atoms with van der Waals surface area (Å²) in [6.45, 7) is 2.41. The summed E-state index contributed by atoms with van der Waals surface area (Å²) in [5.41, 5.74) is 1.17. The number of benzene rings is 2. The molecule has 1 fully saturated rings. The molecule has 29 heavy (non-hydrogen) atoms. The van der Waals surface area contributed by atoms with Crippen LogP contribution in [0.15, 0.2) is 42.5 Å². The largest absolute Gasteiger partial charge is 0.337 e. The molecule has 0 bridgehead atoms. The molecule has 0 atom stereocenters. The molecular formula is C21H20ClFN4O2. The smallest absolute Gasteiger partial charge is 0.253 e. The Labute approximate surface area is 173 Å². The first kappa shape index (κ1) is 20.8. The minimum Gasteiger partial charge on any atom is -0.337 e. The first-order valence-corrected chi connectivity index (χ1v) is 9.61. The van der Waals surface area contributed by atoms with Crippen LogP contribution in [0.4, 0.5) is 10.1 Å². The summed E-state index contributed by atoms with van der Waals surface area (Å²) < 4.78 is 13.1. The van der Waals surface area contributed by atoms with Crippen molar-refractivity contribution in [3.05, 3.63) is 64.4 Å². The predicted octanol–water partition coefficient (Wildman–Crippen LogP) is 3.14. The maximum atomic E-state index is 13.1. The number of carbonyl (C=O) groups excluding carboxylic acids is 2. The highest BCUT2D eigenvalue weighted by Gasteiger charge is 2.21. The van der Waals surface area contributed by atoms with Gasteiger partial charge in [0.2, 0.25) is 5.91 Å². The summed E-state index contributed by atoms with van der Waals surface area (Å²) in [7, 11) is 0. The van der Waals surface area contributed by atoms with Crippen LogP contribution in [0.2, 0.25) is 5.02 Å². The molecule has 1 heterocycles. The molecule has 1 aliphatic heterocycles. The van der Waals surface area contributed by atoms with Crippen LogP contribution in [-0.2, 0) is 4.79 Å². The molecule has 0 unspecified atom stereocenters. The van der Waals surface area contributed by atoms with E-state index in [1.54, 1.807) is 23.1 Å². The van der Waals surface area contributed by atoms with Gasteiger partial charge in [0.05, 0.1) is 17.8 Å². The van der Waals surface area contributed by atoms with Gasteiger partial charge < -0.3 is 10.2 Å². The van der Waals surface area contributed by atoms with Gasteiger partial charge in [0, 0.05) is 36.8 Å². The maximum absolute atomic E-state index is 13.1. The number of halogens is 2. The van der Waals surface area contributed by atoms with E-state index in [0.717, 1.165) is 6.42 Å². The third-order valence-corrected chi connectivity index (χ3v) is 4.95. The summed E-state index contributed by atoms with van der Waals surface area (Å²) in [5.74, 6) is -0.773. The van der Waals surface area contributed by atoms with Gasteiger partial charge in [-0.25, -0.2) is 4.39 Å². The summed E-state index contributed by atoms with van der Waals surface area (Å²) in [6, 6.07) is 12.2. The van der Waals surface area contributed by atoms with Crippen molar-refractivity contribution in [1.29, 1.82) is 5.26 Å². The van der Waals surface area contributed by atoms with E-state index < -0.39 is 0 Å². The van der Waals surface area contributed by atoms with Crippen molar-refractivity contribution in [2.45, 2.75) is 6.42 Å². The lowest BCUT2D eigenvalue weighted by atomic mass is 10.2. The van der Waals surface area contributed by atoms with Crippen molar-refractivity contribution < 1.29 is 14.0 Å². The number of rotatable bonds is 4. The standard InChI is InChI=1S/C21H20ClFN4O2/c22-17-5-2-16(13-24)19(12-17)25-20(28)14-26-8-1-9-27(11-10-26)21(29)15-3-6-18(23)7-4-15/h2-7,12H,1,8-11,14H2,(H,25,28). The summed E-state index contributed by atoms with van der Waals surface area (Å²) in [4.78, 5) is 28.7. The maximum Gasteiger partial charge on any atom is 0.253 e. The number of nitriles is 1. The van der Waals surface area contributed by atoms with Crippen LogP contribution in [0.1, 0.15) is 22.3 Å². The quantitative estimate of drug-likeness (QED) is 0.833. The molecular weight excluding hydrogens is 395 g/mol. The van der Waals surface area contributed by atoms with Crippen LogP contribution < -0.4 is 5.32 Å². The monoisotopic (exact) mass is 414 g/mol. The Morgan fingerprint density at radius 2 is 1.86 bits per heavy atom. The minimum atomic E-state index is -0.381. The van der Waals surface area contributed by atoms with Crippen molar-refractivity contribution in [3.8, 4) is 6.07 Å². The van der Waals surface area contributed by atoms with E-state index in [4.69, 9.17) is 16.9 Å². The first-order chi connectivity index (χ1) is 14.0. The first-order valence-electron chi connectivity index (χ1n) is 9.23. The van der Waals surface area contributed by atoms with E-state index in [9.17, 15) is 14.0 Å². The molecule has 0 radical (unpaired) electrons. The molecule has 8 heteroatoms. The summed E-state index contributed by atoms with van der Waals surface area (Å²) in [5, 5.41) is 12.3. The van der Waals surface area contributed by atoms with Crippen molar-refractivity contribution >= 4 is 29.1 Å². The molecule has 0 spiro atoms. The minimum absolute atomic E-state index is 0.145. The molecule has 1 N–H and O–H groups in total. The van der Waals surface area contributed by atoms with Gasteiger partial charge >= 0.3 is 0 Å². The summed E-state index contributed by atoms with van der Waals surface area (Å²) >= 11 is 5.95. The number of amides is 2. The zero-order valence-electron chi connectivity index (χ0n) is 15.7. The Morgan fingerprint density at radius 3 is 2.59 bits per heavy atom. The van der Waals surface area contributed by atoms with Crippen molar-refractivity contribution in [3.63, 3.8) is 0 Å². The number of nitrogens with zero attached hydrogens (tertiary/aromatic N) is 3. The average Bonchev–Trinajstić information content (AvgIpc) is 2.94. The number of hydrogen-bond acceptors (Lipinski definition) is 4. The zero-order valence-corrected chi connectivity index (χ0v) is 16.5. The number of hydrogen-bond donors (Lipinski definition) is 1. The Morgan fingerprint density at radius 1 is 1.10 bits per heavy atom. The SMILES string of the molecule is N#Cc1ccc(Cl)cc1NC(=O)CN1CCCN(C(=O)c2ccc(F)cc2)CC1. The van der Waals surface area contributed by atoms with Crippen molar-refractivity contribution in [1.82, 2.24) is 9.80 Å². The van der Waals surface area contributed by atoms with Gasteiger partial charge in [0.1, 0.15) is 11.9 Å². The van der Waals surface area contributed by atoms with Crippen LogP contribution in [0.5, 0.6) is 0 Å². The number of anilines is 1. The Balaban J connectivity index is 1.56. The van der Waals surface area contributed by atoms with Gasteiger partial charge in [-0.05, 0) is 48.9 Å². The van der Waals surface area contributed by atoms with E-state index in [-0.39, 0.29) is 24.2 Å². The lowest BCUT2D eigenvalue weighted by Gasteiger charge is -2.22. The van der Waals surface area contributed by atoms with E-state index in [0.29, 0.717) is 48.0 Å². The fourth-order valence-electron chi connectivity index (χ4n) is 3.22. The van der Waals surface area contributed by atoms with E-state index in [2.05, 4.69) is 5.32 Å². The molecule has 0 aliphatic carbocycles. The molecule has 2 aromatic carbocycles. The van der Waals surface area contributed by atoms with Gasteiger partial charge in [-0.3, -0.25) is 14.5 Å². The third kappa shape index (κ3) is 5.53. The Hall–Kier alpha value is -2.95. The highest BCUT2D eigenvalue weighted by molar-refractivity contribution is 6.31. The highest BCUT2D eigenvalue weighted by Crippen LogP contribution is 2.20. The van der Waals surface area contributed by atoms with E-state index in [1.807, 2.05) is 11.0 Å². The van der Waals surface area contributed by atoms with Crippen molar-refractivity contribution in [2.75, 3.05) is 38.0 Å². The molecule has 1 aliphatic rings. The van der Waals surface area contributed by atoms with Crippen LogP contribution in [0, 0.1) is 17.1 Å². The van der Waals surface area contributed by atoms with Crippen LogP contribution in [-0.4, -0.2) is 54.3 Å². The third-order valence-electron chi connectivity index (χ3n) is 4.71. The van der Waals surface area contributed by atoms with E-state index in [1.165, 1.54) is 24.3 Å². The molecule has 150 valence electrons. The molecule has 3 rings (SSSR count). The van der Waals surface area contributed by atoms with Gasteiger partial charge in [-0.15, -0.1) is 0 Å². The Bertz CT molecular complexity index is 943. The van der Waals surface area contributed by atoms with Crippen LogP contribution >= 0.6 is 11.6 Å². The van der Waals surface area contributed by atoms with Crippen LogP contribution in [0.25, 0.3) is 0 Å². The number of carbonyl (C=O) groups is 2. The second-order valence-corrected chi connectivity index (χ2v) is 7.22. The topological polar surface area (TPSA) is 76.4 Å². The molecule has 0 saturated carbocycles. The second kappa shape index (κ2) is 9.50. The normalized spacial score (nSPS) is 14.7. The molecule has 0 aromatic heterocycles. The fraction of sp³-hybridized carbons (Fsp3) is 0.286. The van der Waals surface area contributed by atoms with Gasteiger partial charge in [0.15, 0.2) is 0 Å². The zero-order chi connectivity index (χ0) is 20.8. The van der Waals surface area contributed by atoms with Crippen LogP contribution in [0.3, 0.4) is 0 Å². The molecule has 2 aromatic rings. The Kier molecular flexibility index (Phi) is 6.81. The fourth-order valence-corrected chi connectivity index (χ4v) is 3.39. The summed E-state index contributed by atoms with van der Waals surface area (Å²) in [6.07, 6.45) is 0.723. The molecule has 1 saturated heterocycles. The number of nitrogens with one attached hydrogen (secondary N) is 1. The van der Waals surface area contributed by atoms with Gasteiger partial charge in [0.25, 0.3) is 5.91 Å². The lowest BCUT2D eigenvalue weighted by Crippen LogP contribution is -2.38. The molecule has 2 amide bonds.